The van der Waals surface area contributed by atoms with Gasteiger partial charge in [0.25, 0.3) is 5.91 Å². The molecular formula is C28H41N5O4. The van der Waals surface area contributed by atoms with Gasteiger partial charge in [-0.15, -0.1) is 0 Å². The highest BCUT2D eigenvalue weighted by Gasteiger charge is 2.31. The molecule has 1 aromatic carbocycles. The zero-order valence-corrected chi connectivity index (χ0v) is 23.2. The number of nitrogens with one attached hydrogen (secondary N) is 1. The van der Waals surface area contributed by atoms with Gasteiger partial charge in [-0.2, -0.15) is 0 Å². The zero-order chi connectivity index (χ0) is 27.2. The van der Waals surface area contributed by atoms with Crippen LogP contribution in [0.25, 0.3) is 0 Å². The van der Waals surface area contributed by atoms with Gasteiger partial charge in [-0.3, -0.25) is 4.79 Å². The van der Waals surface area contributed by atoms with Crippen molar-refractivity contribution in [2.24, 2.45) is 5.92 Å². The maximum Gasteiger partial charge on any atom is 0.410 e. The van der Waals surface area contributed by atoms with Crippen molar-refractivity contribution in [2.45, 2.75) is 73.0 Å². The number of nitrogens with zero attached hydrogens (tertiary/aromatic N) is 4. The third-order valence-electron chi connectivity index (χ3n) is 5.95. The van der Waals surface area contributed by atoms with E-state index < -0.39 is 5.60 Å². The van der Waals surface area contributed by atoms with E-state index in [9.17, 15) is 9.59 Å². The lowest BCUT2D eigenvalue weighted by atomic mass is 10.1. The number of aryl methyl sites for hydroxylation is 1. The van der Waals surface area contributed by atoms with E-state index in [1.54, 1.807) is 16.0 Å². The van der Waals surface area contributed by atoms with Gasteiger partial charge < -0.3 is 24.6 Å². The fraction of sp³-hybridized carbons (Fsp3) is 0.571. The second-order valence-corrected chi connectivity index (χ2v) is 10.8. The van der Waals surface area contributed by atoms with Crippen LogP contribution < -0.4 is 15.0 Å². The summed E-state index contributed by atoms with van der Waals surface area (Å²) >= 11 is 0. The summed E-state index contributed by atoms with van der Waals surface area (Å²) in [5, 5.41) is 3.08. The van der Waals surface area contributed by atoms with Crippen LogP contribution in [0.3, 0.4) is 0 Å². The Hall–Kier alpha value is -3.36. The smallest absolute Gasteiger partial charge is 0.410 e. The van der Waals surface area contributed by atoms with Crippen molar-refractivity contribution in [2.75, 3.05) is 36.4 Å². The van der Waals surface area contributed by atoms with E-state index in [0.29, 0.717) is 61.5 Å². The van der Waals surface area contributed by atoms with E-state index in [1.807, 2.05) is 58.9 Å². The Morgan fingerprint density at radius 3 is 2.68 bits per heavy atom. The monoisotopic (exact) mass is 511 g/mol. The lowest BCUT2D eigenvalue weighted by Gasteiger charge is -2.25. The van der Waals surface area contributed by atoms with Gasteiger partial charge in [0.15, 0.2) is 0 Å². The van der Waals surface area contributed by atoms with Crippen molar-refractivity contribution >= 4 is 23.6 Å². The second-order valence-electron chi connectivity index (χ2n) is 10.8. The van der Waals surface area contributed by atoms with Gasteiger partial charge in [0, 0.05) is 44.0 Å². The van der Waals surface area contributed by atoms with Crippen molar-refractivity contribution in [3.63, 3.8) is 0 Å². The molecule has 1 aromatic heterocycles. The van der Waals surface area contributed by atoms with E-state index in [4.69, 9.17) is 9.47 Å². The highest BCUT2D eigenvalue weighted by atomic mass is 16.6. The van der Waals surface area contributed by atoms with E-state index in [2.05, 4.69) is 29.1 Å². The van der Waals surface area contributed by atoms with Gasteiger partial charge in [-0.25, -0.2) is 14.8 Å². The number of hydrogen-bond acceptors (Lipinski definition) is 7. The summed E-state index contributed by atoms with van der Waals surface area (Å²) in [4.78, 5) is 38.3. The number of aromatic nitrogens is 2. The molecule has 2 aromatic rings. The Morgan fingerprint density at radius 1 is 1.27 bits per heavy atom. The minimum absolute atomic E-state index is 0.142. The van der Waals surface area contributed by atoms with E-state index in [-0.39, 0.29) is 18.1 Å². The van der Waals surface area contributed by atoms with Crippen LogP contribution in [0.1, 0.15) is 70.4 Å². The molecule has 1 saturated heterocycles. The summed E-state index contributed by atoms with van der Waals surface area (Å²) in [7, 11) is 0. The number of likely N-dealkylation sites (tertiary alicyclic amines) is 1. The fourth-order valence-corrected chi connectivity index (χ4v) is 4.03. The van der Waals surface area contributed by atoms with Crippen molar-refractivity contribution in [3.05, 3.63) is 41.7 Å². The Labute approximate surface area is 220 Å². The van der Waals surface area contributed by atoms with Gasteiger partial charge in [0.05, 0.1) is 17.8 Å². The standard InChI is InChI=1S/C28H41N5O4/c1-8-29-26-30-17-24(20(4)31-26)25(34)33(15-12-19(2)3)21-10-9-11-22(16-21)36-23-13-14-32(18-23)27(35)37-28(5,6)7/h9-11,16-17,19,23H,8,12-15,18H2,1-7H3,(H,29,30,31). The molecule has 2 heterocycles. The van der Waals surface area contributed by atoms with Crippen LogP contribution in [0, 0.1) is 12.8 Å². The van der Waals surface area contributed by atoms with Gasteiger partial charge in [0.2, 0.25) is 5.95 Å². The lowest BCUT2D eigenvalue weighted by Crippen LogP contribution is -2.36. The fourth-order valence-electron chi connectivity index (χ4n) is 4.03. The summed E-state index contributed by atoms with van der Waals surface area (Å²) in [6.07, 6.45) is 2.69. The van der Waals surface area contributed by atoms with Crippen molar-refractivity contribution in [1.82, 2.24) is 14.9 Å². The average Bonchev–Trinajstić information content (AvgIpc) is 3.27. The van der Waals surface area contributed by atoms with Gasteiger partial charge >= 0.3 is 6.09 Å². The minimum atomic E-state index is -0.535. The SMILES string of the molecule is CCNc1ncc(C(=O)N(CCC(C)C)c2cccc(OC3CCN(C(=O)OC(C)(C)C)C3)c2)c(C)n1. The molecule has 1 fully saturated rings. The molecule has 0 saturated carbocycles. The topological polar surface area (TPSA) is 96.9 Å². The largest absolute Gasteiger partial charge is 0.488 e. The maximum atomic E-state index is 13.7. The predicted molar refractivity (Wildman–Crippen MR) is 145 cm³/mol. The normalized spacial score (nSPS) is 15.6. The molecule has 1 unspecified atom stereocenters. The summed E-state index contributed by atoms with van der Waals surface area (Å²) in [5.41, 5.74) is 1.32. The molecular weight excluding hydrogens is 470 g/mol. The first-order valence-corrected chi connectivity index (χ1v) is 13.1. The maximum absolute atomic E-state index is 13.7. The van der Waals surface area contributed by atoms with Crippen LogP contribution in [-0.4, -0.2) is 64.8 Å². The number of amides is 2. The molecule has 1 aliphatic heterocycles. The summed E-state index contributed by atoms with van der Waals surface area (Å²) in [5.74, 6) is 1.46. The van der Waals surface area contributed by atoms with E-state index in [1.165, 1.54) is 0 Å². The molecule has 0 aliphatic carbocycles. The molecule has 9 nitrogen and oxygen atoms in total. The van der Waals surface area contributed by atoms with E-state index in [0.717, 1.165) is 12.1 Å². The van der Waals surface area contributed by atoms with Crippen molar-refractivity contribution in [1.29, 1.82) is 0 Å². The van der Waals surface area contributed by atoms with Crippen molar-refractivity contribution < 1.29 is 19.1 Å². The molecule has 202 valence electrons. The summed E-state index contributed by atoms with van der Waals surface area (Å²) in [6, 6.07) is 7.57. The molecule has 3 rings (SSSR count). The number of anilines is 2. The minimum Gasteiger partial charge on any atom is -0.488 e. The summed E-state index contributed by atoms with van der Waals surface area (Å²) in [6.45, 7) is 16.0. The molecule has 1 aliphatic rings. The van der Waals surface area contributed by atoms with Crippen LogP contribution in [0.4, 0.5) is 16.4 Å². The predicted octanol–water partition coefficient (Wildman–Crippen LogP) is 5.30. The third kappa shape index (κ3) is 8.06. The Bertz CT molecular complexity index is 1080. The summed E-state index contributed by atoms with van der Waals surface area (Å²) < 4.78 is 11.7. The molecule has 37 heavy (non-hydrogen) atoms. The number of carbonyl (C=O) groups is 2. The molecule has 2 amide bonds. The first-order valence-electron chi connectivity index (χ1n) is 13.1. The Balaban J connectivity index is 1.76. The number of carbonyl (C=O) groups excluding carboxylic acids is 2. The van der Waals surface area contributed by atoms with Gasteiger partial charge in [-0.05, 0) is 59.1 Å². The van der Waals surface area contributed by atoms with Crippen molar-refractivity contribution in [3.8, 4) is 5.75 Å². The average molecular weight is 512 g/mol. The number of rotatable bonds is 9. The van der Waals surface area contributed by atoms with Crippen LogP contribution in [0.5, 0.6) is 5.75 Å². The molecule has 0 bridgehead atoms. The first-order chi connectivity index (χ1) is 17.5. The van der Waals surface area contributed by atoms with Gasteiger partial charge in [0.1, 0.15) is 17.5 Å². The van der Waals surface area contributed by atoms with Crippen LogP contribution >= 0.6 is 0 Å². The van der Waals surface area contributed by atoms with Crippen LogP contribution in [0.2, 0.25) is 0 Å². The first kappa shape index (κ1) is 28.2. The van der Waals surface area contributed by atoms with E-state index >= 15 is 0 Å². The number of ether oxygens (including phenoxy) is 2. The molecule has 0 radical (unpaired) electrons. The molecule has 0 spiro atoms. The Kier molecular flexibility index (Phi) is 9.34. The second kappa shape index (κ2) is 12.3. The quantitative estimate of drug-likeness (QED) is 0.488. The molecule has 9 heteroatoms. The van der Waals surface area contributed by atoms with Gasteiger partial charge in [-0.1, -0.05) is 19.9 Å². The highest BCUT2D eigenvalue weighted by molar-refractivity contribution is 6.06. The Morgan fingerprint density at radius 2 is 2.03 bits per heavy atom. The number of hydrogen-bond donors (Lipinski definition) is 1. The van der Waals surface area contributed by atoms with Crippen LogP contribution in [0.15, 0.2) is 30.5 Å². The number of benzene rings is 1. The highest BCUT2D eigenvalue weighted by Crippen LogP contribution is 2.27. The molecule has 1 atom stereocenters. The third-order valence-corrected chi connectivity index (χ3v) is 5.95. The lowest BCUT2D eigenvalue weighted by molar-refractivity contribution is 0.0275. The zero-order valence-electron chi connectivity index (χ0n) is 23.2. The molecule has 1 N–H and O–H groups in total. The van der Waals surface area contributed by atoms with Crippen LogP contribution in [-0.2, 0) is 4.74 Å².